The van der Waals surface area contributed by atoms with Crippen LogP contribution in [0.1, 0.15) is 23.7 Å². The van der Waals surface area contributed by atoms with Crippen molar-refractivity contribution in [1.82, 2.24) is 5.43 Å². The quantitative estimate of drug-likeness (QED) is 0.360. The number of nitrogens with zero attached hydrogens (tertiary/aromatic N) is 1. The van der Waals surface area contributed by atoms with Gasteiger partial charge in [0.1, 0.15) is 0 Å². The van der Waals surface area contributed by atoms with Gasteiger partial charge >= 0.3 is 0 Å². The second-order valence-corrected chi connectivity index (χ2v) is 6.84. The van der Waals surface area contributed by atoms with Crippen LogP contribution >= 0.6 is 22.6 Å². The van der Waals surface area contributed by atoms with Crippen LogP contribution in [0.15, 0.2) is 47.6 Å². The summed E-state index contributed by atoms with van der Waals surface area (Å²) in [5.41, 5.74) is 4.00. The standard InChI is InChI=1S/C19H20IN3O4/c1-12(9-18(24)21-15-6-4-5-14(20)11-15)22-23-19(25)13-7-8-16(26-2)17(10-13)27-3/h4-8,10-11H,9H2,1-3H3,(H,21,24)(H,23,25). The van der Waals surface area contributed by atoms with Crippen LogP contribution in [0.2, 0.25) is 0 Å². The zero-order valence-electron chi connectivity index (χ0n) is 15.2. The molecule has 2 aromatic carbocycles. The van der Waals surface area contributed by atoms with Gasteiger partial charge in [0.25, 0.3) is 5.91 Å². The SMILES string of the molecule is COc1ccc(C(=O)NN=C(C)CC(=O)Nc2cccc(I)c2)cc1OC. The zero-order valence-corrected chi connectivity index (χ0v) is 17.4. The second-order valence-electron chi connectivity index (χ2n) is 5.59. The molecule has 8 heteroatoms. The van der Waals surface area contributed by atoms with Gasteiger partial charge in [0.2, 0.25) is 5.91 Å². The molecular formula is C19H20IN3O4. The largest absolute Gasteiger partial charge is 0.493 e. The first-order valence-corrected chi connectivity index (χ1v) is 9.11. The molecule has 0 aliphatic carbocycles. The highest BCUT2D eigenvalue weighted by molar-refractivity contribution is 14.1. The maximum absolute atomic E-state index is 12.2. The van der Waals surface area contributed by atoms with Crippen LogP contribution < -0.4 is 20.2 Å². The van der Waals surface area contributed by atoms with E-state index in [1.165, 1.54) is 14.2 Å². The van der Waals surface area contributed by atoms with Gasteiger partial charge in [-0.2, -0.15) is 5.10 Å². The Balaban J connectivity index is 1.94. The van der Waals surface area contributed by atoms with E-state index in [9.17, 15) is 9.59 Å². The van der Waals surface area contributed by atoms with E-state index in [0.717, 1.165) is 3.57 Å². The van der Waals surface area contributed by atoms with E-state index in [4.69, 9.17) is 9.47 Å². The molecule has 0 unspecified atom stereocenters. The number of hydrogen-bond acceptors (Lipinski definition) is 5. The summed E-state index contributed by atoms with van der Waals surface area (Å²) in [7, 11) is 3.01. The van der Waals surface area contributed by atoms with E-state index in [1.54, 1.807) is 25.1 Å². The highest BCUT2D eigenvalue weighted by atomic mass is 127. The van der Waals surface area contributed by atoms with Crippen LogP contribution in [-0.4, -0.2) is 31.7 Å². The first-order valence-electron chi connectivity index (χ1n) is 8.04. The molecule has 142 valence electrons. The van der Waals surface area contributed by atoms with Crippen molar-refractivity contribution in [2.45, 2.75) is 13.3 Å². The number of halogens is 1. The Hall–Kier alpha value is -2.62. The predicted molar refractivity (Wildman–Crippen MR) is 113 cm³/mol. The topological polar surface area (TPSA) is 89.0 Å². The van der Waals surface area contributed by atoms with Gasteiger partial charge < -0.3 is 14.8 Å². The molecule has 0 aromatic heterocycles. The van der Waals surface area contributed by atoms with Crippen LogP contribution in [0.25, 0.3) is 0 Å². The lowest BCUT2D eigenvalue weighted by Crippen LogP contribution is -2.21. The Morgan fingerprint density at radius 3 is 2.48 bits per heavy atom. The van der Waals surface area contributed by atoms with Gasteiger partial charge in [-0.15, -0.1) is 0 Å². The molecule has 0 fully saturated rings. The Bertz CT molecular complexity index is 868. The van der Waals surface area contributed by atoms with E-state index in [0.29, 0.717) is 28.5 Å². The number of ether oxygens (including phenoxy) is 2. The molecule has 0 radical (unpaired) electrons. The van der Waals surface area contributed by atoms with Crippen LogP contribution in [0.3, 0.4) is 0 Å². The van der Waals surface area contributed by atoms with Gasteiger partial charge in [-0.1, -0.05) is 6.07 Å². The lowest BCUT2D eigenvalue weighted by Gasteiger charge is -2.09. The normalized spacial score (nSPS) is 10.9. The summed E-state index contributed by atoms with van der Waals surface area (Å²) in [6, 6.07) is 12.3. The van der Waals surface area contributed by atoms with Gasteiger partial charge in [-0.25, -0.2) is 5.43 Å². The van der Waals surface area contributed by atoms with Crippen molar-refractivity contribution in [3.05, 3.63) is 51.6 Å². The Kier molecular flexibility index (Phi) is 7.59. The highest BCUT2D eigenvalue weighted by Crippen LogP contribution is 2.27. The molecule has 0 saturated heterocycles. The first-order chi connectivity index (χ1) is 12.9. The van der Waals surface area contributed by atoms with Gasteiger partial charge in [-0.05, 0) is 65.9 Å². The summed E-state index contributed by atoms with van der Waals surface area (Å²) < 4.78 is 11.3. The highest BCUT2D eigenvalue weighted by Gasteiger charge is 2.11. The molecule has 0 heterocycles. The Morgan fingerprint density at radius 1 is 1.07 bits per heavy atom. The second kappa shape index (κ2) is 9.91. The number of amides is 2. The third kappa shape index (κ3) is 6.24. The van der Waals surface area contributed by atoms with Crippen molar-refractivity contribution in [2.75, 3.05) is 19.5 Å². The smallest absolute Gasteiger partial charge is 0.271 e. The van der Waals surface area contributed by atoms with E-state index < -0.39 is 5.91 Å². The third-order valence-electron chi connectivity index (χ3n) is 3.52. The fraction of sp³-hybridized carbons (Fsp3) is 0.211. The number of rotatable bonds is 7. The molecule has 2 N–H and O–H groups in total. The monoisotopic (exact) mass is 481 g/mol. The maximum atomic E-state index is 12.2. The van der Waals surface area contributed by atoms with Crippen molar-refractivity contribution >= 4 is 45.8 Å². The maximum Gasteiger partial charge on any atom is 0.271 e. The van der Waals surface area contributed by atoms with Crippen molar-refractivity contribution < 1.29 is 19.1 Å². The minimum Gasteiger partial charge on any atom is -0.493 e. The lowest BCUT2D eigenvalue weighted by molar-refractivity contribution is -0.115. The number of hydrazone groups is 1. The van der Waals surface area contributed by atoms with Crippen molar-refractivity contribution in [3.8, 4) is 11.5 Å². The van der Waals surface area contributed by atoms with E-state index in [2.05, 4.69) is 38.4 Å². The molecule has 27 heavy (non-hydrogen) atoms. The van der Waals surface area contributed by atoms with Crippen LogP contribution in [0, 0.1) is 3.57 Å². The summed E-state index contributed by atoms with van der Waals surface area (Å²) >= 11 is 2.17. The molecule has 0 bridgehead atoms. The van der Waals surface area contributed by atoms with Crippen LogP contribution in [0.5, 0.6) is 11.5 Å². The van der Waals surface area contributed by atoms with Crippen molar-refractivity contribution in [2.24, 2.45) is 5.10 Å². The molecule has 2 rings (SSSR count). The number of hydrogen-bond donors (Lipinski definition) is 2. The minimum absolute atomic E-state index is 0.0671. The molecule has 7 nitrogen and oxygen atoms in total. The molecule has 0 aliphatic rings. The van der Waals surface area contributed by atoms with Gasteiger partial charge in [0.05, 0.1) is 20.6 Å². The summed E-state index contributed by atoms with van der Waals surface area (Å²) in [5, 5.41) is 6.77. The van der Waals surface area contributed by atoms with E-state index in [1.807, 2.05) is 24.3 Å². The molecular weight excluding hydrogens is 461 g/mol. The summed E-state index contributed by atoms with van der Waals surface area (Å²) in [5.74, 6) is 0.357. The number of benzene rings is 2. The molecule has 0 spiro atoms. The van der Waals surface area contributed by atoms with E-state index >= 15 is 0 Å². The molecule has 0 atom stereocenters. The van der Waals surface area contributed by atoms with Crippen LogP contribution in [0.4, 0.5) is 5.69 Å². The molecule has 0 saturated carbocycles. The third-order valence-corrected chi connectivity index (χ3v) is 4.19. The fourth-order valence-electron chi connectivity index (χ4n) is 2.23. The summed E-state index contributed by atoms with van der Waals surface area (Å²) in [4.78, 5) is 24.3. The fourth-order valence-corrected chi connectivity index (χ4v) is 2.77. The number of nitrogens with one attached hydrogen (secondary N) is 2. The molecule has 2 aromatic rings. The van der Waals surface area contributed by atoms with Gasteiger partial charge in [-0.3, -0.25) is 9.59 Å². The Labute approximate surface area is 171 Å². The number of carbonyl (C=O) groups is 2. The average Bonchev–Trinajstić information content (AvgIpc) is 2.65. The summed E-state index contributed by atoms with van der Waals surface area (Å²) in [6.07, 6.45) is 0.0671. The predicted octanol–water partition coefficient (Wildman–Crippen LogP) is 3.44. The summed E-state index contributed by atoms with van der Waals surface area (Å²) in [6.45, 7) is 1.67. The zero-order chi connectivity index (χ0) is 19.8. The average molecular weight is 481 g/mol. The lowest BCUT2D eigenvalue weighted by atomic mass is 10.2. The molecule has 2 amide bonds. The number of methoxy groups -OCH3 is 2. The van der Waals surface area contributed by atoms with Gasteiger partial charge in [0.15, 0.2) is 11.5 Å². The number of carbonyl (C=O) groups excluding carboxylic acids is 2. The minimum atomic E-state index is -0.409. The van der Waals surface area contributed by atoms with Gasteiger partial charge in [0, 0.05) is 20.5 Å². The first kappa shape index (κ1) is 20.7. The van der Waals surface area contributed by atoms with Crippen molar-refractivity contribution in [3.63, 3.8) is 0 Å². The van der Waals surface area contributed by atoms with E-state index in [-0.39, 0.29) is 12.3 Å². The van der Waals surface area contributed by atoms with Crippen molar-refractivity contribution in [1.29, 1.82) is 0 Å². The molecule has 0 aliphatic heterocycles. The van der Waals surface area contributed by atoms with Crippen LogP contribution in [-0.2, 0) is 4.79 Å². The number of anilines is 1. The Morgan fingerprint density at radius 2 is 1.81 bits per heavy atom.